The second-order valence-electron chi connectivity index (χ2n) is 9.34. The predicted octanol–water partition coefficient (Wildman–Crippen LogP) is 10.5. The van der Waals surface area contributed by atoms with E-state index in [1.807, 2.05) is 0 Å². The molecule has 0 amide bonds. The van der Waals surface area contributed by atoms with Gasteiger partial charge in [0.25, 0.3) is 0 Å². The molecular weight excluding hydrogens is 444 g/mol. The monoisotopic (exact) mass is 480 g/mol. The molecule has 0 unspecified atom stereocenters. The van der Waals surface area contributed by atoms with Crippen LogP contribution in [0.1, 0.15) is 43.0 Å². The topological polar surface area (TPSA) is 0 Å². The Labute approximate surface area is 223 Å². The lowest BCUT2D eigenvalue weighted by Crippen LogP contribution is -1.89. The minimum atomic E-state index is 0.890. The smallest absolute Gasteiger partial charge is 0.00882 e. The molecule has 4 aromatic carbocycles. The highest BCUT2D eigenvalue weighted by Gasteiger charge is 2.06. The molecule has 0 fully saturated rings. The van der Waals surface area contributed by atoms with Crippen molar-refractivity contribution in [1.29, 1.82) is 0 Å². The molecule has 37 heavy (non-hydrogen) atoms. The van der Waals surface area contributed by atoms with Gasteiger partial charge < -0.3 is 0 Å². The summed E-state index contributed by atoms with van der Waals surface area (Å²) in [6.07, 6.45) is 14.0. The van der Waals surface area contributed by atoms with Gasteiger partial charge in [0.15, 0.2) is 0 Å². The minimum absolute atomic E-state index is 0.890. The Bertz CT molecular complexity index is 1440. The van der Waals surface area contributed by atoms with E-state index in [1.165, 1.54) is 55.7 Å². The molecule has 0 atom stereocenters. The second-order valence-corrected chi connectivity index (χ2v) is 9.34. The van der Waals surface area contributed by atoms with Crippen LogP contribution in [0.5, 0.6) is 0 Å². The summed E-state index contributed by atoms with van der Waals surface area (Å²) >= 11 is 0. The van der Waals surface area contributed by atoms with E-state index in [4.69, 9.17) is 0 Å². The second kappa shape index (κ2) is 12.7. The number of allylic oxidation sites excluding steroid dienone is 8. The summed E-state index contributed by atoms with van der Waals surface area (Å²) in [4.78, 5) is 0. The zero-order valence-corrected chi connectivity index (χ0v) is 22.4. The lowest BCUT2D eigenvalue weighted by molar-refractivity contribution is 1.27. The van der Waals surface area contributed by atoms with Gasteiger partial charge >= 0.3 is 0 Å². The van der Waals surface area contributed by atoms with Gasteiger partial charge in [-0.1, -0.05) is 121 Å². The largest absolute Gasteiger partial charge is 0.0871 e. The van der Waals surface area contributed by atoms with Crippen LogP contribution in [0.4, 0.5) is 0 Å². The average molecular weight is 481 g/mol. The van der Waals surface area contributed by atoms with E-state index in [0.717, 1.165) is 6.42 Å². The van der Waals surface area contributed by atoms with Crippen molar-refractivity contribution >= 4 is 11.1 Å². The Morgan fingerprint density at radius 2 is 1.22 bits per heavy atom. The third-order valence-electron chi connectivity index (χ3n) is 6.56. The SMILES string of the molecule is C/C=C\C(=C/C)c1ccc(C/C=C(\C=C/C)c2cccc(-c3cc(C)cc(-c4ccccc4)c3)c2)cc1. The number of rotatable bonds is 8. The van der Waals surface area contributed by atoms with Crippen LogP contribution in [0, 0.1) is 6.92 Å². The van der Waals surface area contributed by atoms with Crippen molar-refractivity contribution in [2.24, 2.45) is 0 Å². The number of hydrogen-bond donors (Lipinski definition) is 0. The molecule has 0 heteroatoms. The molecule has 0 saturated carbocycles. The zero-order valence-electron chi connectivity index (χ0n) is 22.4. The average Bonchev–Trinajstić information content (AvgIpc) is 2.94. The first-order chi connectivity index (χ1) is 18.1. The van der Waals surface area contributed by atoms with Gasteiger partial charge in [-0.15, -0.1) is 0 Å². The van der Waals surface area contributed by atoms with Crippen LogP contribution < -0.4 is 0 Å². The molecule has 0 aliphatic heterocycles. The fourth-order valence-electron chi connectivity index (χ4n) is 4.69. The van der Waals surface area contributed by atoms with Gasteiger partial charge in [-0.2, -0.15) is 0 Å². The van der Waals surface area contributed by atoms with Crippen molar-refractivity contribution in [3.8, 4) is 22.3 Å². The maximum absolute atomic E-state index is 2.34. The molecule has 4 aromatic rings. The van der Waals surface area contributed by atoms with Gasteiger partial charge in [0.2, 0.25) is 0 Å². The zero-order chi connectivity index (χ0) is 26.0. The molecular formula is C37H36. The van der Waals surface area contributed by atoms with Crippen molar-refractivity contribution in [2.75, 3.05) is 0 Å². The van der Waals surface area contributed by atoms with Gasteiger partial charge in [0.1, 0.15) is 0 Å². The summed E-state index contributed by atoms with van der Waals surface area (Å²) in [5, 5.41) is 0. The maximum atomic E-state index is 2.34. The van der Waals surface area contributed by atoms with Crippen molar-refractivity contribution in [3.05, 3.63) is 156 Å². The molecule has 0 heterocycles. The first kappa shape index (κ1) is 25.9. The van der Waals surface area contributed by atoms with Crippen LogP contribution in [0.2, 0.25) is 0 Å². The van der Waals surface area contributed by atoms with Gasteiger partial charge in [-0.05, 0) is 102 Å². The molecule has 0 bridgehead atoms. The van der Waals surface area contributed by atoms with Crippen molar-refractivity contribution in [3.63, 3.8) is 0 Å². The summed E-state index contributed by atoms with van der Waals surface area (Å²) in [5.74, 6) is 0. The molecule has 0 aliphatic rings. The van der Waals surface area contributed by atoms with Crippen molar-refractivity contribution < 1.29 is 0 Å². The fourth-order valence-corrected chi connectivity index (χ4v) is 4.69. The minimum Gasteiger partial charge on any atom is -0.0871 e. The van der Waals surface area contributed by atoms with E-state index < -0.39 is 0 Å². The van der Waals surface area contributed by atoms with E-state index in [-0.39, 0.29) is 0 Å². The number of hydrogen-bond acceptors (Lipinski definition) is 0. The Morgan fingerprint density at radius 3 is 1.89 bits per heavy atom. The first-order valence-electron chi connectivity index (χ1n) is 13.1. The standard InChI is InChI=1S/C37H36/c1-5-12-30(7-3)33-22-19-29(20-23-33)18-21-31(13-6-2)34-16-11-17-35(26-34)37-25-28(4)24-36(27-37)32-14-9-8-10-15-32/h5-17,19-27H,18H2,1-4H3/b12-5-,13-6-,30-7+,31-21+. The van der Waals surface area contributed by atoms with E-state index in [2.05, 4.69) is 161 Å². The Hall–Kier alpha value is -4.16. The molecule has 0 saturated heterocycles. The Balaban J connectivity index is 1.62. The van der Waals surface area contributed by atoms with Gasteiger partial charge in [0, 0.05) is 0 Å². The van der Waals surface area contributed by atoms with E-state index in [9.17, 15) is 0 Å². The summed E-state index contributed by atoms with van der Waals surface area (Å²) in [6, 6.07) is 35.3. The molecule has 0 spiro atoms. The van der Waals surface area contributed by atoms with E-state index >= 15 is 0 Å². The molecule has 0 radical (unpaired) electrons. The predicted molar refractivity (Wildman–Crippen MR) is 163 cm³/mol. The lowest BCUT2D eigenvalue weighted by Gasteiger charge is -2.11. The molecule has 4 rings (SSSR count). The van der Waals surface area contributed by atoms with Crippen LogP contribution in [0.3, 0.4) is 0 Å². The van der Waals surface area contributed by atoms with Crippen LogP contribution in [0.25, 0.3) is 33.4 Å². The van der Waals surface area contributed by atoms with E-state index in [1.54, 1.807) is 0 Å². The fraction of sp³-hybridized carbons (Fsp3) is 0.135. The Kier molecular flexibility index (Phi) is 8.89. The van der Waals surface area contributed by atoms with Crippen LogP contribution >= 0.6 is 0 Å². The van der Waals surface area contributed by atoms with Crippen LogP contribution in [-0.2, 0) is 6.42 Å². The van der Waals surface area contributed by atoms with Crippen LogP contribution in [-0.4, -0.2) is 0 Å². The van der Waals surface area contributed by atoms with Gasteiger partial charge in [-0.3, -0.25) is 0 Å². The number of aryl methyl sites for hydroxylation is 1. The normalized spacial score (nSPS) is 12.5. The Morgan fingerprint density at radius 1 is 0.568 bits per heavy atom. The highest BCUT2D eigenvalue weighted by atomic mass is 14.1. The summed E-state index contributed by atoms with van der Waals surface area (Å²) in [5.41, 5.74) is 12.5. The quantitative estimate of drug-likeness (QED) is 0.220. The molecule has 0 aromatic heterocycles. The lowest BCUT2D eigenvalue weighted by atomic mass is 9.94. The first-order valence-corrected chi connectivity index (χ1v) is 13.1. The number of benzene rings is 4. The molecule has 184 valence electrons. The summed E-state index contributed by atoms with van der Waals surface area (Å²) in [7, 11) is 0. The highest BCUT2D eigenvalue weighted by Crippen LogP contribution is 2.30. The van der Waals surface area contributed by atoms with Gasteiger partial charge in [0.05, 0.1) is 0 Å². The maximum Gasteiger partial charge on any atom is -0.00882 e. The van der Waals surface area contributed by atoms with Crippen molar-refractivity contribution in [2.45, 2.75) is 34.1 Å². The third kappa shape index (κ3) is 6.74. The molecule has 0 nitrogen and oxygen atoms in total. The van der Waals surface area contributed by atoms with Crippen molar-refractivity contribution in [1.82, 2.24) is 0 Å². The van der Waals surface area contributed by atoms with E-state index in [0.29, 0.717) is 0 Å². The molecule has 0 aliphatic carbocycles. The third-order valence-corrected chi connectivity index (χ3v) is 6.56. The summed E-state index contributed by atoms with van der Waals surface area (Å²) < 4.78 is 0. The van der Waals surface area contributed by atoms with Crippen LogP contribution in [0.15, 0.2) is 134 Å². The summed E-state index contributed by atoms with van der Waals surface area (Å²) in [6.45, 7) is 8.40. The highest BCUT2D eigenvalue weighted by molar-refractivity contribution is 5.80. The van der Waals surface area contributed by atoms with Gasteiger partial charge in [-0.25, -0.2) is 0 Å². The molecule has 0 N–H and O–H groups in total.